The van der Waals surface area contributed by atoms with E-state index in [9.17, 15) is 0 Å². The van der Waals surface area contributed by atoms with Crippen molar-refractivity contribution in [3.63, 3.8) is 0 Å². The van der Waals surface area contributed by atoms with Gasteiger partial charge in [-0.05, 0) is 58.5 Å². The molecule has 0 radical (unpaired) electrons. The van der Waals surface area contributed by atoms with Gasteiger partial charge in [0.05, 0.1) is 7.11 Å². The molecule has 3 rings (SSSR count). The van der Waals surface area contributed by atoms with Crippen molar-refractivity contribution in [3.8, 4) is 5.75 Å². The fourth-order valence-corrected chi connectivity index (χ4v) is 3.24. The smallest absolute Gasteiger partial charge is 0.199 e. The molecule has 26 heavy (non-hydrogen) atoms. The zero-order valence-electron chi connectivity index (χ0n) is 16.0. The zero-order valence-corrected chi connectivity index (χ0v) is 16.0. The van der Waals surface area contributed by atoms with Gasteiger partial charge in [0, 0.05) is 12.2 Å². The molecule has 0 saturated carbocycles. The van der Waals surface area contributed by atoms with Gasteiger partial charge < -0.3 is 4.74 Å². The van der Waals surface area contributed by atoms with E-state index < -0.39 is 0 Å². The van der Waals surface area contributed by atoms with Gasteiger partial charge in [-0.1, -0.05) is 43.3 Å². The molecule has 0 N–H and O–H groups in total. The van der Waals surface area contributed by atoms with Gasteiger partial charge in [-0.25, -0.2) is 4.58 Å². The van der Waals surface area contributed by atoms with Gasteiger partial charge in [0.25, 0.3) is 0 Å². The van der Waals surface area contributed by atoms with E-state index in [1.807, 2.05) is 0 Å². The molecule has 0 saturated heterocycles. The average Bonchev–Trinajstić information content (AvgIpc) is 2.69. The Balaban J connectivity index is 2.19. The van der Waals surface area contributed by atoms with Gasteiger partial charge >= 0.3 is 0 Å². The van der Waals surface area contributed by atoms with E-state index in [4.69, 9.17) is 4.74 Å². The van der Waals surface area contributed by atoms with Gasteiger partial charge in [0.2, 0.25) is 0 Å². The summed E-state index contributed by atoms with van der Waals surface area (Å²) in [6, 6.07) is 17.1. The van der Waals surface area contributed by atoms with E-state index in [2.05, 4.69) is 98.4 Å². The molecule has 0 aromatic heterocycles. The fraction of sp³-hybridized carbons (Fsp3) is 0.208. The molecule has 1 aliphatic carbocycles. The van der Waals surface area contributed by atoms with Gasteiger partial charge in [0.1, 0.15) is 19.8 Å². The van der Waals surface area contributed by atoms with Crippen LogP contribution in [0.3, 0.4) is 0 Å². The van der Waals surface area contributed by atoms with E-state index >= 15 is 0 Å². The summed E-state index contributed by atoms with van der Waals surface area (Å²) in [6.07, 6.45) is 9.69. The highest BCUT2D eigenvalue weighted by Gasteiger charge is 2.14. The van der Waals surface area contributed by atoms with E-state index in [1.165, 1.54) is 33.5 Å². The topological polar surface area (TPSA) is 12.2 Å². The molecule has 0 bridgehead atoms. The summed E-state index contributed by atoms with van der Waals surface area (Å²) in [5.41, 5.74) is 7.32. The first kappa shape index (κ1) is 17.9. The predicted molar refractivity (Wildman–Crippen MR) is 110 cm³/mol. The molecule has 0 heterocycles. The highest BCUT2D eigenvalue weighted by Crippen LogP contribution is 2.32. The fourth-order valence-electron chi connectivity index (χ4n) is 3.24. The average molecular weight is 344 g/mol. The van der Waals surface area contributed by atoms with Gasteiger partial charge in [-0.15, -0.1) is 0 Å². The summed E-state index contributed by atoms with van der Waals surface area (Å²) in [7, 11) is 5.86. The summed E-state index contributed by atoms with van der Waals surface area (Å²) < 4.78 is 7.63. The Kier molecular flexibility index (Phi) is 5.52. The Morgan fingerprint density at radius 1 is 0.885 bits per heavy atom. The lowest BCUT2D eigenvalue weighted by Gasteiger charge is -2.16. The van der Waals surface area contributed by atoms with Crippen LogP contribution in [-0.4, -0.2) is 31.5 Å². The summed E-state index contributed by atoms with van der Waals surface area (Å²) in [5, 5.41) is 0. The number of hydrogen-bond donors (Lipinski definition) is 0. The molecule has 0 amide bonds. The number of nitrogens with zero attached hydrogens (tertiary/aromatic N) is 1. The summed E-state index contributed by atoms with van der Waals surface area (Å²) in [5.74, 6) is 0.951. The van der Waals surface area contributed by atoms with Crippen molar-refractivity contribution >= 4 is 11.3 Å². The van der Waals surface area contributed by atoms with Crippen LogP contribution in [0.25, 0.3) is 5.57 Å². The van der Waals surface area contributed by atoms with Crippen LogP contribution in [0.1, 0.15) is 23.6 Å². The largest absolute Gasteiger partial charge is 0.496 e. The van der Waals surface area contributed by atoms with E-state index in [-0.39, 0.29) is 0 Å². The molecule has 1 aliphatic rings. The Morgan fingerprint density at radius 2 is 1.58 bits per heavy atom. The third kappa shape index (κ3) is 3.70. The Labute approximate surface area is 156 Å². The van der Waals surface area contributed by atoms with Crippen LogP contribution in [0.5, 0.6) is 5.75 Å². The molecule has 2 aromatic carbocycles. The standard InChI is InChI=1S/C24H26NO/c1-5-18-17-21(13-16-23(18)26-4)24(19-9-7-6-8-10-19)20-11-14-22(15-12-20)25(2)3/h6-17H,5H2,1-4H3/q+1. The first-order valence-electron chi connectivity index (χ1n) is 9.01. The van der Waals surface area contributed by atoms with Crippen molar-refractivity contribution in [2.75, 3.05) is 21.2 Å². The van der Waals surface area contributed by atoms with E-state index in [0.717, 1.165) is 12.2 Å². The zero-order chi connectivity index (χ0) is 18.5. The van der Waals surface area contributed by atoms with Crippen LogP contribution < -0.4 is 4.74 Å². The molecule has 2 heteroatoms. The van der Waals surface area contributed by atoms with Crippen LogP contribution in [0.4, 0.5) is 0 Å². The minimum absolute atomic E-state index is 0.943. The number of benzene rings is 2. The minimum Gasteiger partial charge on any atom is -0.496 e. The lowest BCUT2D eigenvalue weighted by atomic mass is 9.89. The van der Waals surface area contributed by atoms with Crippen molar-refractivity contribution in [2.24, 2.45) is 0 Å². The molecule has 0 atom stereocenters. The third-order valence-electron chi connectivity index (χ3n) is 4.68. The Bertz CT molecular complexity index is 892. The second kappa shape index (κ2) is 8.01. The molecular formula is C24H26NO+. The number of methoxy groups -OCH3 is 1. The van der Waals surface area contributed by atoms with Crippen molar-refractivity contribution in [1.29, 1.82) is 0 Å². The normalized spacial score (nSPS) is 13.1. The maximum Gasteiger partial charge on any atom is 0.199 e. The van der Waals surface area contributed by atoms with E-state index in [1.54, 1.807) is 7.11 Å². The monoisotopic (exact) mass is 344 g/mol. The number of allylic oxidation sites excluding steroid dienone is 5. The molecule has 0 unspecified atom stereocenters. The molecule has 0 fully saturated rings. The first-order chi connectivity index (χ1) is 12.6. The van der Waals surface area contributed by atoms with Crippen molar-refractivity contribution in [2.45, 2.75) is 13.3 Å². The van der Waals surface area contributed by atoms with Crippen LogP contribution in [0.15, 0.2) is 78.4 Å². The Morgan fingerprint density at radius 3 is 2.15 bits per heavy atom. The number of ether oxygens (including phenoxy) is 1. The molecule has 2 aromatic rings. The van der Waals surface area contributed by atoms with Gasteiger partial charge in [0.15, 0.2) is 5.71 Å². The van der Waals surface area contributed by atoms with Crippen molar-refractivity contribution < 1.29 is 9.31 Å². The first-order valence-corrected chi connectivity index (χ1v) is 9.01. The highest BCUT2D eigenvalue weighted by molar-refractivity contribution is 6.03. The molecular weight excluding hydrogens is 318 g/mol. The quantitative estimate of drug-likeness (QED) is 0.719. The Hall–Kier alpha value is -2.87. The van der Waals surface area contributed by atoms with E-state index in [0.29, 0.717) is 0 Å². The highest BCUT2D eigenvalue weighted by atomic mass is 16.5. The van der Waals surface area contributed by atoms with Gasteiger partial charge in [-0.3, -0.25) is 0 Å². The van der Waals surface area contributed by atoms with Crippen LogP contribution in [-0.2, 0) is 6.42 Å². The van der Waals surface area contributed by atoms with Crippen LogP contribution >= 0.6 is 0 Å². The second-order valence-corrected chi connectivity index (χ2v) is 6.56. The summed E-state index contributed by atoms with van der Waals surface area (Å²) in [4.78, 5) is 0. The number of hydrogen-bond acceptors (Lipinski definition) is 1. The lowest BCUT2D eigenvalue weighted by molar-refractivity contribution is -0.462. The number of aryl methyl sites for hydroxylation is 1. The van der Waals surface area contributed by atoms with Crippen LogP contribution in [0, 0.1) is 0 Å². The second-order valence-electron chi connectivity index (χ2n) is 6.56. The third-order valence-corrected chi connectivity index (χ3v) is 4.68. The van der Waals surface area contributed by atoms with Gasteiger partial charge in [-0.2, -0.15) is 0 Å². The SMILES string of the molecule is CCc1cc(C(=C2C=CC(=[N+](C)C)C=C2)c2ccccc2)ccc1OC. The minimum atomic E-state index is 0.943. The van der Waals surface area contributed by atoms with Crippen LogP contribution in [0.2, 0.25) is 0 Å². The maximum atomic E-state index is 5.51. The van der Waals surface area contributed by atoms with Crippen molar-refractivity contribution in [3.05, 3.63) is 95.1 Å². The summed E-state index contributed by atoms with van der Waals surface area (Å²) >= 11 is 0. The molecule has 2 nitrogen and oxygen atoms in total. The lowest BCUT2D eigenvalue weighted by Crippen LogP contribution is -2.10. The number of rotatable bonds is 4. The maximum absolute atomic E-state index is 5.51. The molecule has 0 spiro atoms. The molecule has 0 aliphatic heterocycles. The predicted octanol–water partition coefficient (Wildman–Crippen LogP) is 4.90. The molecule has 132 valence electrons. The van der Waals surface area contributed by atoms with Crippen molar-refractivity contribution in [1.82, 2.24) is 0 Å². The summed E-state index contributed by atoms with van der Waals surface area (Å²) in [6.45, 7) is 2.16.